The van der Waals surface area contributed by atoms with Gasteiger partial charge in [-0.25, -0.2) is 0 Å². The minimum atomic E-state index is -0.0948. The van der Waals surface area contributed by atoms with E-state index in [9.17, 15) is 0 Å². The van der Waals surface area contributed by atoms with Gasteiger partial charge >= 0.3 is 0 Å². The van der Waals surface area contributed by atoms with Crippen LogP contribution in [0.2, 0.25) is 0 Å². The first-order chi connectivity index (χ1) is 10.6. The fourth-order valence-corrected chi connectivity index (χ4v) is 3.12. The van der Waals surface area contributed by atoms with Gasteiger partial charge in [0.15, 0.2) is 0 Å². The number of unbranched alkanes of at least 4 members (excludes halogenated alkanes) is 7. The average molecular weight is 340 g/mol. The van der Waals surface area contributed by atoms with Gasteiger partial charge in [-0.3, -0.25) is 0 Å². The molecule has 0 amide bonds. The normalized spacial score (nSPS) is 14.8. The van der Waals surface area contributed by atoms with Gasteiger partial charge in [0.2, 0.25) is 0 Å². The van der Waals surface area contributed by atoms with Crippen molar-refractivity contribution in [3.63, 3.8) is 0 Å². The van der Waals surface area contributed by atoms with Crippen LogP contribution in [0.5, 0.6) is 0 Å². The lowest BCUT2D eigenvalue weighted by atomic mass is 9.79. The third-order valence-corrected chi connectivity index (χ3v) is 5.04. The van der Waals surface area contributed by atoms with Crippen molar-refractivity contribution < 1.29 is 0 Å². The standard InChI is InChI=1S/C21H37N.ClH/c1-4-5-6-7-8-9-10-12-15-19(2)21(3,22)18-20-16-13-11-14-17-20;/h11,13-14,16-17,19H,4-10,12,15,18,22H2,1-3H3;1H. The number of hydrogen-bond donors (Lipinski definition) is 1. The molecule has 2 unspecified atom stereocenters. The fraction of sp³-hybridized carbons (Fsp3) is 0.714. The average Bonchev–Trinajstić information content (AvgIpc) is 2.50. The van der Waals surface area contributed by atoms with E-state index in [1.807, 2.05) is 0 Å². The van der Waals surface area contributed by atoms with Gasteiger partial charge in [0.1, 0.15) is 0 Å². The lowest BCUT2D eigenvalue weighted by molar-refractivity contribution is 0.289. The summed E-state index contributed by atoms with van der Waals surface area (Å²) in [6, 6.07) is 10.7. The number of halogens is 1. The van der Waals surface area contributed by atoms with Crippen LogP contribution in [0.3, 0.4) is 0 Å². The highest BCUT2D eigenvalue weighted by Gasteiger charge is 2.26. The zero-order chi connectivity index (χ0) is 16.3. The Balaban J connectivity index is 0.00000484. The van der Waals surface area contributed by atoms with Crippen molar-refractivity contribution in [2.45, 2.75) is 90.5 Å². The number of benzene rings is 1. The quantitative estimate of drug-likeness (QED) is 0.430. The van der Waals surface area contributed by atoms with E-state index in [1.54, 1.807) is 0 Å². The van der Waals surface area contributed by atoms with Crippen LogP contribution in [-0.2, 0) is 6.42 Å². The fourth-order valence-electron chi connectivity index (χ4n) is 3.12. The van der Waals surface area contributed by atoms with Gasteiger partial charge in [-0.2, -0.15) is 0 Å². The second-order valence-corrected chi connectivity index (χ2v) is 7.33. The molecule has 0 spiro atoms. The molecule has 23 heavy (non-hydrogen) atoms. The lowest BCUT2D eigenvalue weighted by Crippen LogP contribution is -2.45. The highest BCUT2D eigenvalue weighted by Crippen LogP contribution is 2.24. The maximum Gasteiger partial charge on any atom is 0.0192 e. The molecule has 0 bridgehead atoms. The predicted molar refractivity (Wildman–Crippen MR) is 106 cm³/mol. The summed E-state index contributed by atoms with van der Waals surface area (Å²) in [6.07, 6.45) is 13.3. The Morgan fingerprint density at radius 1 is 0.913 bits per heavy atom. The summed E-state index contributed by atoms with van der Waals surface area (Å²) in [5, 5.41) is 0. The number of hydrogen-bond acceptors (Lipinski definition) is 1. The molecule has 2 atom stereocenters. The van der Waals surface area contributed by atoms with Crippen LogP contribution in [0.4, 0.5) is 0 Å². The maximum atomic E-state index is 6.59. The van der Waals surface area contributed by atoms with Crippen LogP contribution in [-0.4, -0.2) is 5.54 Å². The van der Waals surface area contributed by atoms with Gasteiger partial charge in [0.05, 0.1) is 0 Å². The molecular weight excluding hydrogens is 302 g/mol. The molecule has 0 saturated carbocycles. The largest absolute Gasteiger partial charge is 0.325 e. The third kappa shape index (κ3) is 10.0. The summed E-state index contributed by atoms with van der Waals surface area (Å²) < 4.78 is 0. The molecule has 1 nitrogen and oxygen atoms in total. The zero-order valence-corrected chi connectivity index (χ0v) is 16.3. The van der Waals surface area contributed by atoms with E-state index in [2.05, 4.69) is 51.1 Å². The molecule has 1 aromatic carbocycles. The van der Waals surface area contributed by atoms with Gasteiger partial charge in [-0.15, -0.1) is 12.4 Å². The first-order valence-electron chi connectivity index (χ1n) is 9.39. The van der Waals surface area contributed by atoms with Crippen LogP contribution in [0.25, 0.3) is 0 Å². The summed E-state index contributed by atoms with van der Waals surface area (Å²) in [5.74, 6) is 0.577. The van der Waals surface area contributed by atoms with E-state index >= 15 is 0 Å². The Labute approximate surface area is 150 Å². The summed E-state index contributed by atoms with van der Waals surface area (Å²) in [7, 11) is 0. The van der Waals surface area contributed by atoms with Gasteiger partial charge in [-0.05, 0) is 31.2 Å². The molecule has 0 heterocycles. The zero-order valence-electron chi connectivity index (χ0n) is 15.5. The van der Waals surface area contributed by atoms with Crippen LogP contribution in [0.15, 0.2) is 30.3 Å². The molecule has 2 heteroatoms. The highest BCUT2D eigenvalue weighted by atomic mass is 35.5. The SMILES string of the molecule is CCCCCCCCCCC(C)C(C)(N)Cc1ccccc1.Cl. The van der Waals surface area contributed by atoms with E-state index in [0.717, 1.165) is 6.42 Å². The summed E-state index contributed by atoms with van der Waals surface area (Å²) in [6.45, 7) is 6.82. The third-order valence-electron chi connectivity index (χ3n) is 5.04. The van der Waals surface area contributed by atoms with Crippen LogP contribution >= 0.6 is 12.4 Å². The van der Waals surface area contributed by atoms with Crippen molar-refractivity contribution in [3.8, 4) is 0 Å². The van der Waals surface area contributed by atoms with Gasteiger partial charge in [0, 0.05) is 5.54 Å². The molecule has 1 aromatic rings. The molecule has 0 aliphatic rings. The summed E-state index contributed by atoms with van der Waals surface area (Å²) in [5.41, 5.74) is 7.85. The minimum Gasteiger partial charge on any atom is -0.325 e. The number of nitrogens with two attached hydrogens (primary N) is 1. The molecule has 0 saturated heterocycles. The minimum absolute atomic E-state index is 0. The van der Waals surface area contributed by atoms with E-state index in [-0.39, 0.29) is 17.9 Å². The van der Waals surface area contributed by atoms with Crippen molar-refractivity contribution in [1.29, 1.82) is 0 Å². The van der Waals surface area contributed by atoms with Crippen molar-refractivity contribution in [3.05, 3.63) is 35.9 Å². The molecule has 1 rings (SSSR count). The highest BCUT2D eigenvalue weighted by molar-refractivity contribution is 5.85. The first-order valence-corrected chi connectivity index (χ1v) is 9.39. The Bertz CT molecular complexity index is 375. The van der Waals surface area contributed by atoms with E-state index in [1.165, 1.54) is 63.4 Å². The Hall–Kier alpha value is -0.530. The lowest BCUT2D eigenvalue weighted by Gasteiger charge is -2.32. The smallest absolute Gasteiger partial charge is 0.0192 e. The summed E-state index contributed by atoms with van der Waals surface area (Å²) in [4.78, 5) is 0. The second kappa shape index (κ2) is 12.8. The Morgan fingerprint density at radius 2 is 1.43 bits per heavy atom. The number of rotatable bonds is 12. The van der Waals surface area contributed by atoms with Crippen molar-refractivity contribution >= 4 is 12.4 Å². The topological polar surface area (TPSA) is 26.0 Å². The Morgan fingerprint density at radius 3 is 2.00 bits per heavy atom. The molecule has 0 radical (unpaired) electrons. The van der Waals surface area contributed by atoms with E-state index < -0.39 is 0 Å². The van der Waals surface area contributed by atoms with Crippen molar-refractivity contribution in [2.24, 2.45) is 11.7 Å². The van der Waals surface area contributed by atoms with E-state index in [0.29, 0.717) is 5.92 Å². The summed E-state index contributed by atoms with van der Waals surface area (Å²) >= 11 is 0. The molecule has 0 fully saturated rings. The van der Waals surface area contributed by atoms with E-state index in [4.69, 9.17) is 5.73 Å². The Kier molecular flexibility index (Phi) is 12.5. The first kappa shape index (κ1) is 22.5. The molecule has 2 N–H and O–H groups in total. The molecule has 0 aliphatic carbocycles. The van der Waals surface area contributed by atoms with Crippen molar-refractivity contribution in [2.75, 3.05) is 0 Å². The predicted octanol–water partition coefficient (Wildman–Crippen LogP) is 6.54. The molecular formula is C21H38ClN. The monoisotopic (exact) mass is 339 g/mol. The van der Waals surface area contributed by atoms with Crippen molar-refractivity contribution in [1.82, 2.24) is 0 Å². The molecule has 134 valence electrons. The maximum absolute atomic E-state index is 6.59. The molecule has 0 aromatic heterocycles. The second-order valence-electron chi connectivity index (χ2n) is 7.33. The van der Waals surface area contributed by atoms with Crippen LogP contribution in [0.1, 0.15) is 84.1 Å². The van der Waals surface area contributed by atoms with Gasteiger partial charge in [-0.1, -0.05) is 95.5 Å². The molecule has 0 aliphatic heterocycles. The van der Waals surface area contributed by atoms with Crippen LogP contribution < -0.4 is 5.73 Å². The van der Waals surface area contributed by atoms with Gasteiger partial charge in [0.25, 0.3) is 0 Å². The van der Waals surface area contributed by atoms with Gasteiger partial charge < -0.3 is 5.73 Å². The van der Waals surface area contributed by atoms with Crippen LogP contribution in [0, 0.1) is 5.92 Å².